The lowest BCUT2D eigenvalue weighted by molar-refractivity contribution is 0.00695. The zero-order valence-electron chi connectivity index (χ0n) is 18.8. The fourth-order valence-electron chi connectivity index (χ4n) is 3.28. The summed E-state index contributed by atoms with van der Waals surface area (Å²) in [5, 5.41) is 5.81. The van der Waals surface area contributed by atoms with Crippen molar-refractivity contribution in [2.24, 2.45) is 0 Å². The minimum Gasteiger partial charge on any atom is -0.456 e. The lowest BCUT2D eigenvalue weighted by atomic mass is 10.1. The molecule has 0 N–H and O–H groups in total. The summed E-state index contributed by atoms with van der Waals surface area (Å²) in [6.07, 6.45) is 4.93. The van der Waals surface area contributed by atoms with Crippen molar-refractivity contribution in [1.82, 2.24) is 19.3 Å². The Labute approximate surface area is 191 Å². The van der Waals surface area contributed by atoms with Crippen LogP contribution in [0.2, 0.25) is 0 Å². The molecule has 0 aliphatic heterocycles. The molecule has 2 heterocycles. The van der Waals surface area contributed by atoms with Crippen LogP contribution in [0.25, 0.3) is 10.8 Å². The fourth-order valence-corrected chi connectivity index (χ4v) is 3.28. The van der Waals surface area contributed by atoms with Crippen molar-refractivity contribution in [1.29, 1.82) is 0 Å². The molecule has 4 aromatic rings. The number of fused-ring (bicyclic) bond motifs is 1. The van der Waals surface area contributed by atoms with Gasteiger partial charge in [0.25, 0.3) is 5.56 Å². The summed E-state index contributed by atoms with van der Waals surface area (Å²) in [5.41, 5.74) is 1.60. The average molecular weight is 441 g/mol. The SMILES string of the molecule is CC(C)(C)OC(=O)c1ccc(Cn2cc3cc(C#CCn4cncn4)ccc3cc2=O)cc1. The summed E-state index contributed by atoms with van der Waals surface area (Å²) in [7, 11) is 0. The Bertz CT molecular complexity index is 1400. The van der Waals surface area contributed by atoms with Gasteiger partial charge in [0.1, 0.15) is 24.8 Å². The smallest absolute Gasteiger partial charge is 0.338 e. The second-order valence-electron chi connectivity index (χ2n) is 8.68. The third-order valence-corrected chi connectivity index (χ3v) is 4.83. The first-order valence-corrected chi connectivity index (χ1v) is 10.5. The fraction of sp³-hybridized carbons (Fsp3) is 0.231. The molecular formula is C26H24N4O3. The Hall–Kier alpha value is -4.18. The Kier molecular flexibility index (Phi) is 6.09. The van der Waals surface area contributed by atoms with Crippen molar-refractivity contribution in [2.45, 2.75) is 39.5 Å². The van der Waals surface area contributed by atoms with Gasteiger partial charge in [0.2, 0.25) is 0 Å². The van der Waals surface area contributed by atoms with Gasteiger partial charge in [0.15, 0.2) is 0 Å². The molecule has 7 heteroatoms. The summed E-state index contributed by atoms with van der Waals surface area (Å²) >= 11 is 0. The number of aromatic nitrogens is 4. The summed E-state index contributed by atoms with van der Waals surface area (Å²) < 4.78 is 8.70. The van der Waals surface area contributed by atoms with Crippen molar-refractivity contribution >= 4 is 16.7 Å². The molecule has 0 aliphatic rings. The number of pyridine rings is 1. The molecule has 33 heavy (non-hydrogen) atoms. The topological polar surface area (TPSA) is 79.0 Å². The van der Waals surface area contributed by atoms with Gasteiger partial charge in [-0.25, -0.2) is 14.5 Å². The third kappa shape index (κ3) is 5.74. The molecule has 2 aromatic carbocycles. The van der Waals surface area contributed by atoms with E-state index in [0.29, 0.717) is 18.7 Å². The van der Waals surface area contributed by atoms with E-state index in [2.05, 4.69) is 21.9 Å². The van der Waals surface area contributed by atoms with Gasteiger partial charge < -0.3 is 9.30 Å². The normalized spacial score (nSPS) is 11.1. The van der Waals surface area contributed by atoms with Crippen molar-refractivity contribution in [3.05, 3.63) is 94.4 Å². The van der Waals surface area contributed by atoms with Crippen LogP contribution in [0.4, 0.5) is 0 Å². The van der Waals surface area contributed by atoms with Gasteiger partial charge in [-0.1, -0.05) is 30.0 Å². The average Bonchev–Trinajstić information content (AvgIpc) is 3.27. The van der Waals surface area contributed by atoms with Crippen molar-refractivity contribution in [3.63, 3.8) is 0 Å². The second-order valence-corrected chi connectivity index (χ2v) is 8.68. The van der Waals surface area contributed by atoms with E-state index < -0.39 is 5.60 Å². The Morgan fingerprint density at radius 1 is 1.06 bits per heavy atom. The molecule has 4 rings (SSSR count). The number of ether oxygens (including phenoxy) is 1. The monoisotopic (exact) mass is 440 g/mol. The van der Waals surface area contributed by atoms with E-state index in [1.807, 2.05) is 57.3 Å². The highest BCUT2D eigenvalue weighted by Gasteiger charge is 2.17. The van der Waals surface area contributed by atoms with E-state index in [9.17, 15) is 9.59 Å². The van der Waals surface area contributed by atoms with Gasteiger partial charge in [-0.15, -0.1) is 0 Å². The van der Waals surface area contributed by atoms with E-state index in [-0.39, 0.29) is 11.5 Å². The number of carbonyl (C=O) groups excluding carboxylic acids is 1. The first-order chi connectivity index (χ1) is 15.8. The summed E-state index contributed by atoms with van der Waals surface area (Å²) in [4.78, 5) is 28.7. The van der Waals surface area contributed by atoms with Crippen LogP contribution in [-0.2, 0) is 17.8 Å². The molecule has 0 saturated carbocycles. The molecule has 0 radical (unpaired) electrons. The maximum atomic E-state index is 12.6. The predicted molar refractivity (Wildman–Crippen MR) is 126 cm³/mol. The number of benzene rings is 2. The lowest BCUT2D eigenvalue weighted by Gasteiger charge is -2.19. The molecule has 0 aliphatic carbocycles. The standard InChI is InChI=1S/C26H24N4O3/c1-26(2,3)33-25(32)21-9-7-20(8-10-21)15-29-16-23-13-19(6-11-22(23)14-24(29)31)5-4-12-30-18-27-17-28-30/h6-11,13-14,16-18H,12,15H2,1-3H3. The van der Waals surface area contributed by atoms with E-state index >= 15 is 0 Å². The van der Waals surface area contributed by atoms with Gasteiger partial charge in [-0.2, -0.15) is 5.10 Å². The van der Waals surface area contributed by atoms with E-state index in [0.717, 1.165) is 21.9 Å². The molecule has 2 aromatic heterocycles. The van der Waals surface area contributed by atoms with Crippen LogP contribution in [-0.4, -0.2) is 30.9 Å². The van der Waals surface area contributed by atoms with Crippen LogP contribution in [0.5, 0.6) is 0 Å². The predicted octanol–water partition coefficient (Wildman–Crippen LogP) is 3.65. The molecule has 0 unspecified atom stereocenters. The molecule has 166 valence electrons. The summed E-state index contributed by atoms with van der Waals surface area (Å²) in [6.45, 7) is 6.35. The highest BCUT2D eigenvalue weighted by molar-refractivity contribution is 5.89. The van der Waals surface area contributed by atoms with Gasteiger partial charge in [0, 0.05) is 17.8 Å². The van der Waals surface area contributed by atoms with Crippen LogP contribution in [0.15, 0.2) is 72.2 Å². The molecule has 0 saturated heterocycles. The molecular weight excluding hydrogens is 416 g/mol. The highest BCUT2D eigenvalue weighted by Crippen LogP contribution is 2.16. The number of nitrogens with zero attached hydrogens (tertiary/aromatic N) is 4. The Morgan fingerprint density at radius 2 is 1.85 bits per heavy atom. The maximum absolute atomic E-state index is 12.6. The second kappa shape index (κ2) is 9.13. The minimum atomic E-state index is -0.548. The minimum absolute atomic E-state index is 0.0938. The molecule has 0 amide bonds. The van der Waals surface area contributed by atoms with Crippen molar-refractivity contribution in [3.8, 4) is 11.8 Å². The molecule has 0 atom stereocenters. The third-order valence-electron chi connectivity index (χ3n) is 4.83. The van der Waals surface area contributed by atoms with Crippen LogP contribution in [0.1, 0.15) is 42.3 Å². The lowest BCUT2D eigenvalue weighted by Crippen LogP contribution is -2.24. The Morgan fingerprint density at radius 3 is 2.55 bits per heavy atom. The summed E-state index contributed by atoms with van der Waals surface area (Å²) in [5.74, 6) is 5.82. The van der Waals surface area contributed by atoms with Crippen LogP contribution >= 0.6 is 0 Å². The largest absolute Gasteiger partial charge is 0.456 e. The number of rotatable bonds is 4. The van der Waals surface area contributed by atoms with Gasteiger partial charge in [-0.3, -0.25) is 4.79 Å². The van der Waals surface area contributed by atoms with E-state index in [4.69, 9.17) is 4.74 Å². The van der Waals surface area contributed by atoms with E-state index in [1.165, 1.54) is 6.33 Å². The quantitative estimate of drug-likeness (QED) is 0.358. The van der Waals surface area contributed by atoms with Crippen LogP contribution in [0.3, 0.4) is 0 Å². The number of esters is 1. The number of hydrogen-bond donors (Lipinski definition) is 0. The van der Waals surface area contributed by atoms with E-state index in [1.54, 1.807) is 33.8 Å². The first-order valence-electron chi connectivity index (χ1n) is 10.5. The molecule has 0 spiro atoms. The van der Waals surface area contributed by atoms with Gasteiger partial charge >= 0.3 is 5.97 Å². The van der Waals surface area contributed by atoms with Crippen molar-refractivity contribution in [2.75, 3.05) is 0 Å². The van der Waals surface area contributed by atoms with Crippen LogP contribution in [0, 0.1) is 11.8 Å². The first kappa shape index (κ1) is 22.0. The van der Waals surface area contributed by atoms with Crippen LogP contribution < -0.4 is 5.56 Å². The zero-order chi connectivity index (χ0) is 23.4. The maximum Gasteiger partial charge on any atom is 0.338 e. The Balaban J connectivity index is 1.52. The molecule has 0 fully saturated rings. The van der Waals surface area contributed by atoms with Gasteiger partial charge in [0.05, 0.1) is 12.1 Å². The zero-order valence-corrected chi connectivity index (χ0v) is 18.8. The molecule has 7 nitrogen and oxygen atoms in total. The number of hydrogen-bond acceptors (Lipinski definition) is 5. The molecule has 0 bridgehead atoms. The van der Waals surface area contributed by atoms with Gasteiger partial charge in [-0.05, 0) is 61.4 Å². The highest BCUT2D eigenvalue weighted by atomic mass is 16.6. The summed E-state index contributed by atoms with van der Waals surface area (Å²) in [6, 6.07) is 14.5. The number of carbonyl (C=O) groups is 1. The van der Waals surface area contributed by atoms with Crippen molar-refractivity contribution < 1.29 is 9.53 Å².